The van der Waals surface area contributed by atoms with Crippen LogP contribution in [-0.2, 0) is 0 Å². The monoisotopic (exact) mass is 308 g/mol. The van der Waals surface area contributed by atoms with Gasteiger partial charge in [-0.3, -0.25) is 4.57 Å². The molecule has 0 unspecified atom stereocenters. The SMILES string of the molecule is COc1cccc(-n2cnc3c(C)nc(Cl)nc32)c1Cl. The number of rotatable bonds is 2. The van der Waals surface area contributed by atoms with E-state index in [4.69, 9.17) is 27.9 Å². The molecule has 0 amide bonds. The Morgan fingerprint density at radius 1 is 1.20 bits per heavy atom. The first-order chi connectivity index (χ1) is 9.61. The number of fused-ring (bicyclic) bond motifs is 1. The highest BCUT2D eigenvalue weighted by molar-refractivity contribution is 6.34. The standard InChI is InChI=1S/C13H10Cl2N4O/c1-7-11-12(18-13(15)17-7)19(6-16-11)8-4-3-5-9(20-2)10(8)14/h3-6H,1-2H3. The second-order valence-corrected chi connectivity index (χ2v) is 4.87. The Bertz CT molecular complexity index is 800. The number of imidazole rings is 1. The molecule has 0 saturated heterocycles. The van der Waals surface area contributed by atoms with Crippen molar-refractivity contribution in [2.75, 3.05) is 7.11 Å². The van der Waals surface area contributed by atoms with Gasteiger partial charge in [-0.2, -0.15) is 4.98 Å². The van der Waals surface area contributed by atoms with E-state index in [1.807, 2.05) is 19.1 Å². The summed E-state index contributed by atoms with van der Waals surface area (Å²) in [5, 5.41) is 0.664. The normalized spacial score (nSPS) is 11.0. The molecule has 0 N–H and O–H groups in total. The highest BCUT2D eigenvalue weighted by Crippen LogP contribution is 2.32. The Kier molecular flexibility index (Phi) is 3.23. The zero-order chi connectivity index (χ0) is 14.3. The summed E-state index contributed by atoms with van der Waals surface area (Å²) in [6.07, 6.45) is 1.64. The Balaban J connectivity index is 2.30. The molecular weight excluding hydrogens is 299 g/mol. The summed E-state index contributed by atoms with van der Waals surface area (Å²) in [7, 11) is 1.57. The van der Waals surface area contributed by atoms with E-state index in [2.05, 4.69) is 15.0 Å². The van der Waals surface area contributed by atoms with Gasteiger partial charge in [0, 0.05) is 0 Å². The van der Waals surface area contributed by atoms with Crippen LogP contribution in [0.4, 0.5) is 0 Å². The Morgan fingerprint density at radius 3 is 2.75 bits per heavy atom. The molecule has 0 aliphatic carbocycles. The quantitative estimate of drug-likeness (QED) is 0.680. The lowest BCUT2D eigenvalue weighted by Crippen LogP contribution is -1.98. The molecule has 3 rings (SSSR count). The molecular formula is C13H10Cl2N4O. The number of halogens is 2. The van der Waals surface area contributed by atoms with Crippen molar-refractivity contribution in [2.24, 2.45) is 0 Å². The second-order valence-electron chi connectivity index (χ2n) is 4.16. The predicted octanol–water partition coefficient (Wildman–Crippen LogP) is 3.44. The van der Waals surface area contributed by atoms with Crippen LogP contribution in [0.15, 0.2) is 24.5 Å². The van der Waals surface area contributed by atoms with Crippen molar-refractivity contribution in [3.05, 3.63) is 40.5 Å². The number of hydrogen-bond acceptors (Lipinski definition) is 4. The number of benzene rings is 1. The predicted molar refractivity (Wildman–Crippen MR) is 78.0 cm³/mol. The molecule has 3 aromatic rings. The topological polar surface area (TPSA) is 52.8 Å². The molecule has 0 radical (unpaired) electrons. The summed E-state index contributed by atoms with van der Waals surface area (Å²) in [5.41, 5.74) is 2.74. The van der Waals surface area contributed by atoms with E-state index in [9.17, 15) is 0 Å². The maximum Gasteiger partial charge on any atom is 0.224 e. The van der Waals surface area contributed by atoms with E-state index in [0.29, 0.717) is 21.9 Å². The van der Waals surface area contributed by atoms with E-state index in [0.717, 1.165) is 11.4 Å². The lowest BCUT2D eigenvalue weighted by atomic mass is 10.3. The van der Waals surface area contributed by atoms with Crippen molar-refractivity contribution in [3.8, 4) is 11.4 Å². The van der Waals surface area contributed by atoms with Crippen molar-refractivity contribution < 1.29 is 4.74 Å². The van der Waals surface area contributed by atoms with Gasteiger partial charge in [0.05, 0.1) is 18.5 Å². The number of aryl methyl sites for hydroxylation is 1. The van der Waals surface area contributed by atoms with E-state index < -0.39 is 0 Å². The molecule has 0 spiro atoms. The summed E-state index contributed by atoms with van der Waals surface area (Å²) in [6, 6.07) is 5.50. The molecule has 0 bridgehead atoms. The third-order valence-electron chi connectivity index (χ3n) is 2.97. The number of hydrogen-bond donors (Lipinski definition) is 0. The molecule has 2 heterocycles. The largest absolute Gasteiger partial charge is 0.495 e. The van der Waals surface area contributed by atoms with Gasteiger partial charge in [0.2, 0.25) is 5.28 Å². The summed E-state index contributed by atoms with van der Waals surface area (Å²) >= 11 is 12.2. The Labute approximate surface area is 125 Å². The van der Waals surface area contributed by atoms with Crippen molar-refractivity contribution in [1.82, 2.24) is 19.5 Å². The minimum Gasteiger partial charge on any atom is -0.495 e. The van der Waals surface area contributed by atoms with Gasteiger partial charge >= 0.3 is 0 Å². The zero-order valence-electron chi connectivity index (χ0n) is 10.8. The molecule has 0 saturated carbocycles. The second kappa shape index (κ2) is 4.92. The first-order valence-corrected chi connectivity index (χ1v) is 6.57. The maximum atomic E-state index is 6.33. The van der Waals surface area contributed by atoms with E-state index in [-0.39, 0.29) is 5.28 Å². The molecule has 0 aliphatic heterocycles. The molecule has 1 aromatic carbocycles. The van der Waals surface area contributed by atoms with Gasteiger partial charge in [0.25, 0.3) is 0 Å². The number of ether oxygens (including phenoxy) is 1. The highest BCUT2D eigenvalue weighted by Gasteiger charge is 2.14. The van der Waals surface area contributed by atoms with Crippen molar-refractivity contribution in [1.29, 1.82) is 0 Å². The molecule has 7 heteroatoms. The van der Waals surface area contributed by atoms with Crippen LogP contribution in [0.25, 0.3) is 16.9 Å². The summed E-state index contributed by atoms with van der Waals surface area (Å²) in [5.74, 6) is 0.586. The lowest BCUT2D eigenvalue weighted by molar-refractivity contribution is 0.415. The van der Waals surface area contributed by atoms with Crippen LogP contribution in [0.5, 0.6) is 5.75 Å². The van der Waals surface area contributed by atoms with Gasteiger partial charge in [-0.15, -0.1) is 0 Å². The molecule has 20 heavy (non-hydrogen) atoms. The molecule has 0 aliphatic rings. The highest BCUT2D eigenvalue weighted by atomic mass is 35.5. The molecule has 5 nitrogen and oxygen atoms in total. The minimum atomic E-state index is 0.177. The van der Waals surface area contributed by atoms with Crippen LogP contribution >= 0.6 is 23.2 Å². The van der Waals surface area contributed by atoms with Gasteiger partial charge in [0.15, 0.2) is 5.65 Å². The van der Waals surface area contributed by atoms with E-state index in [1.54, 1.807) is 24.1 Å². The molecule has 102 valence electrons. The maximum absolute atomic E-state index is 6.33. The zero-order valence-corrected chi connectivity index (χ0v) is 12.3. The molecule has 0 fully saturated rings. The lowest BCUT2D eigenvalue weighted by Gasteiger charge is -2.09. The van der Waals surface area contributed by atoms with Crippen LogP contribution in [0.3, 0.4) is 0 Å². The van der Waals surface area contributed by atoms with Crippen LogP contribution < -0.4 is 4.74 Å². The molecule has 0 atom stereocenters. The summed E-state index contributed by atoms with van der Waals surface area (Å²) in [6.45, 7) is 1.83. The fourth-order valence-corrected chi connectivity index (χ4v) is 2.53. The van der Waals surface area contributed by atoms with Gasteiger partial charge in [-0.05, 0) is 30.7 Å². The Morgan fingerprint density at radius 2 is 2.00 bits per heavy atom. The Hall–Kier alpha value is -1.85. The fourth-order valence-electron chi connectivity index (χ4n) is 2.03. The number of nitrogens with zero attached hydrogens (tertiary/aromatic N) is 4. The molecule has 2 aromatic heterocycles. The van der Waals surface area contributed by atoms with Crippen molar-refractivity contribution in [3.63, 3.8) is 0 Å². The average Bonchev–Trinajstić information content (AvgIpc) is 2.83. The van der Waals surface area contributed by atoms with Crippen LogP contribution in [0, 0.1) is 6.92 Å². The fraction of sp³-hybridized carbons (Fsp3) is 0.154. The van der Waals surface area contributed by atoms with Gasteiger partial charge in [0.1, 0.15) is 22.6 Å². The number of aromatic nitrogens is 4. The van der Waals surface area contributed by atoms with Gasteiger partial charge < -0.3 is 4.74 Å². The average molecular weight is 309 g/mol. The summed E-state index contributed by atoms with van der Waals surface area (Å²) < 4.78 is 6.98. The third kappa shape index (κ3) is 1.99. The van der Waals surface area contributed by atoms with Crippen LogP contribution in [-0.4, -0.2) is 26.6 Å². The van der Waals surface area contributed by atoms with Gasteiger partial charge in [-0.25, -0.2) is 9.97 Å². The van der Waals surface area contributed by atoms with E-state index in [1.165, 1.54) is 0 Å². The summed E-state index contributed by atoms with van der Waals surface area (Å²) in [4.78, 5) is 12.6. The van der Waals surface area contributed by atoms with E-state index >= 15 is 0 Å². The van der Waals surface area contributed by atoms with Gasteiger partial charge in [-0.1, -0.05) is 17.7 Å². The number of methoxy groups -OCH3 is 1. The van der Waals surface area contributed by atoms with Crippen LogP contribution in [0.2, 0.25) is 10.3 Å². The minimum absolute atomic E-state index is 0.177. The first kappa shape index (κ1) is 13.1. The smallest absolute Gasteiger partial charge is 0.224 e. The first-order valence-electron chi connectivity index (χ1n) is 5.82. The van der Waals surface area contributed by atoms with Crippen molar-refractivity contribution in [2.45, 2.75) is 6.92 Å². The third-order valence-corrected chi connectivity index (χ3v) is 3.51. The van der Waals surface area contributed by atoms with Crippen LogP contribution in [0.1, 0.15) is 5.69 Å². The van der Waals surface area contributed by atoms with Crippen molar-refractivity contribution >= 4 is 34.4 Å².